The van der Waals surface area contributed by atoms with Crippen molar-refractivity contribution in [2.45, 2.75) is 6.61 Å². The number of hydrogen-bond donors (Lipinski definition) is 1. The van der Waals surface area contributed by atoms with Crippen molar-refractivity contribution in [1.29, 1.82) is 0 Å². The van der Waals surface area contributed by atoms with Crippen molar-refractivity contribution in [2.24, 2.45) is 0 Å². The fraction of sp³-hybridized carbons (Fsp3) is 0.0667. The van der Waals surface area contributed by atoms with Gasteiger partial charge in [0.2, 0.25) is 0 Å². The molecule has 178 valence electrons. The second-order valence-corrected chi connectivity index (χ2v) is 8.62. The minimum Gasteiger partial charge on any atom is -0.493 e. The van der Waals surface area contributed by atoms with Crippen molar-refractivity contribution >= 4 is 40.1 Å². The predicted molar refractivity (Wildman–Crippen MR) is 144 cm³/mol. The zero-order valence-corrected chi connectivity index (χ0v) is 20.3. The van der Waals surface area contributed by atoms with Gasteiger partial charge in [0, 0.05) is 10.6 Å². The van der Waals surface area contributed by atoms with E-state index in [4.69, 9.17) is 21.1 Å². The molecule has 0 bridgehead atoms. The summed E-state index contributed by atoms with van der Waals surface area (Å²) < 4.78 is 11.6. The summed E-state index contributed by atoms with van der Waals surface area (Å²) in [5, 5.41) is 0.492. The van der Waals surface area contributed by atoms with Crippen LogP contribution < -0.4 is 9.47 Å². The van der Waals surface area contributed by atoms with E-state index in [1.807, 2.05) is 72.8 Å². The van der Waals surface area contributed by atoms with Crippen LogP contribution in [0.3, 0.4) is 0 Å². The molecule has 0 saturated heterocycles. The summed E-state index contributed by atoms with van der Waals surface area (Å²) in [5.41, 5.74) is 4.32. The number of H-pyrrole nitrogens is 1. The molecule has 1 heterocycles. The molecule has 6 heteroatoms. The van der Waals surface area contributed by atoms with Gasteiger partial charge in [-0.15, -0.1) is 0 Å². The minimum absolute atomic E-state index is 0.195. The molecule has 0 saturated carbocycles. The van der Waals surface area contributed by atoms with E-state index in [-0.39, 0.29) is 5.78 Å². The van der Waals surface area contributed by atoms with Crippen LogP contribution in [0.15, 0.2) is 97.1 Å². The highest BCUT2D eigenvalue weighted by Crippen LogP contribution is 2.31. The van der Waals surface area contributed by atoms with E-state index < -0.39 is 0 Å². The Hall–Kier alpha value is -4.35. The van der Waals surface area contributed by atoms with Gasteiger partial charge in [0.1, 0.15) is 12.4 Å². The highest BCUT2D eigenvalue weighted by molar-refractivity contribution is 6.34. The fourth-order valence-corrected chi connectivity index (χ4v) is 4.10. The number of hydrogen-bond acceptors (Lipinski definition) is 4. The molecule has 5 rings (SSSR count). The van der Waals surface area contributed by atoms with Crippen LogP contribution in [0.4, 0.5) is 0 Å². The van der Waals surface area contributed by atoms with E-state index in [1.54, 1.807) is 37.5 Å². The molecule has 1 N–H and O–H groups in total. The van der Waals surface area contributed by atoms with Crippen LogP contribution in [0, 0.1) is 0 Å². The van der Waals surface area contributed by atoms with E-state index in [9.17, 15) is 4.79 Å². The van der Waals surface area contributed by atoms with Crippen LogP contribution in [0.2, 0.25) is 5.02 Å². The van der Waals surface area contributed by atoms with Gasteiger partial charge in [-0.3, -0.25) is 4.79 Å². The number of carbonyl (C=O) groups is 1. The maximum absolute atomic E-state index is 13.7. The summed E-state index contributed by atoms with van der Waals surface area (Å²) in [6.07, 6.45) is 1.80. The molecule has 0 aliphatic carbocycles. The lowest BCUT2D eigenvalue weighted by atomic mass is 10.00. The van der Waals surface area contributed by atoms with Crippen molar-refractivity contribution < 1.29 is 14.3 Å². The number of carbonyl (C=O) groups excluding carboxylic acids is 1. The van der Waals surface area contributed by atoms with Gasteiger partial charge in [-0.25, -0.2) is 4.98 Å². The number of nitrogens with zero attached hydrogens (tertiary/aromatic N) is 1. The number of Topliss-reactive ketones (excluding diaryl/α,β-unsaturated/α-hetero) is 1. The van der Waals surface area contributed by atoms with Gasteiger partial charge in [-0.2, -0.15) is 0 Å². The molecule has 0 radical (unpaired) electrons. The normalized spacial score (nSPS) is 11.4. The summed E-state index contributed by atoms with van der Waals surface area (Å²) in [5.74, 6) is 1.46. The van der Waals surface area contributed by atoms with Gasteiger partial charge < -0.3 is 14.5 Å². The van der Waals surface area contributed by atoms with Crippen LogP contribution in [0.5, 0.6) is 11.5 Å². The Morgan fingerprint density at radius 2 is 1.72 bits per heavy atom. The first-order valence-corrected chi connectivity index (χ1v) is 11.8. The molecule has 0 atom stereocenters. The lowest BCUT2D eigenvalue weighted by Crippen LogP contribution is -2.04. The second-order valence-electron chi connectivity index (χ2n) is 8.18. The van der Waals surface area contributed by atoms with Gasteiger partial charge in [0.15, 0.2) is 17.3 Å². The summed E-state index contributed by atoms with van der Waals surface area (Å²) in [6, 6.07) is 30.0. The van der Waals surface area contributed by atoms with E-state index in [0.29, 0.717) is 40.1 Å². The molecule has 1 aromatic heterocycles. The Morgan fingerprint density at radius 1 is 0.917 bits per heavy atom. The van der Waals surface area contributed by atoms with Gasteiger partial charge in [-0.05, 0) is 53.6 Å². The van der Waals surface area contributed by atoms with Crippen molar-refractivity contribution in [2.75, 3.05) is 7.11 Å². The first-order chi connectivity index (χ1) is 17.6. The largest absolute Gasteiger partial charge is 0.493 e. The lowest BCUT2D eigenvalue weighted by Gasteiger charge is -2.12. The molecule has 0 spiro atoms. The van der Waals surface area contributed by atoms with Crippen molar-refractivity contribution in [1.82, 2.24) is 9.97 Å². The Labute approximate surface area is 214 Å². The van der Waals surface area contributed by atoms with Gasteiger partial charge in [-0.1, -0.05) is 72.3 Å². The maximum atomic E-state index is 13.7. The fourth-order valence-electron chi connectivity index (χ4n) is 3.90. The number of allylic oxidation sites excluding steroid dienone is 1. The number of halogens is 1. The van der Waals surface area contributed by atoms with Crippen LogP contribution in [0.25, 0.3) is 22.7 Å². The first-order valence-electron chi connectivity index (χ1n) is 11.4. The van der Waals surface area contributed by atoms with E-state index in [1.165, 1.54) is 0 Å². The number of aromatic nitrogens is 2. The third-order valence-electron chi connectivity index (χ3n) is 5.71. The SMILES string of the molecule is COc1ccc(C=C(C(=O)c2cccc(Cl)c2)c2nc3ccccc3[nH]2)cc1OCc1ccccc1. The van der Waals surface area contributed by atoms with Crippen molar-refractivity contribution in [3.8, 4) is 11.5 Å². The number of ketones is 1. The predicted octanol–water partition coefficient (Wildman–Crippen LogP) is 7.23. The molecule has 5 aromatic rings. The second kappa shape index (κ2) is 10.5. The average molecular weight is 495 g/mol. The van der Waals surface area contributed by atoms with Gasteiger partial charge >= 0.3 is 0 Å². The molecule has 0 amide bonds. The van der Waals surface area contributed by atoms with Crippen LogP contribution in [0.1, 0.15) is 27.3 Å². The first kappa shape index (κ1) is 23.4. The maximum Gasteiger partial charge on any atom is 0.196 e. The molecule has 0 aliphatic heterocycles. The van der Waals surface area contributed by atoms with Crippen LogP contribution in [-0.4, -0.2) is 22.9 Å². The number of benzene rings is 4. The Morgan fingerprint density at radius 3 is 2.50 bits per heavy atom. The highest BCUT2D eigenvalue weighted by atomic mass is 35.5. The number of nitrogens with one attached hydrogen (secondary N) is 1. The summed E-state index contributed by atoms with van der Waals surface area (Å²) in [4.78, 5) is 21.6. The van der Waals surface area contributed by atoms with Crippen LogP contribution >= 0.6 is 11.6 Å². The molecule has 0 unspecified atom stereocenters. The summed E-state index contributed by atoms with van der Waals surface area (Å²) >= 11 is 6.18. The smallest absolute Gasteiger partial charge is 0.196 e. The number of fused-ring (bicyclic) bond motifs is 1. The molecule has 0 fully saturated rings. The Bertz CT molecular complexity index is 1520. The van der Waals surface area contributed by atoms with Crippen molar-refractivity contribution in [3.63, 3.8) is 0 Å². The van der Waals surface area contributed by atoms with Crippen molar-refractivity contribution in [3.05, 3.63) is 125 Å². The minimum atomic E-state index is -0.195. The molecule has 4 aromatic carbocycles. The number of rotatable bonds is 8. The molecule has 0 aliphatic rings. The molecular formula is C30H23ClN2O3. The number of ether oxygens (including phenoxy) is 2. The Balaban J connectivity index is 1.56. The average Bonchev–Trinajstić information content (AvgIpc) is 3.35. The topological polar surface area (TPSA) is 64.2 Å². The lowest BCUT2D eigenvalue weighted by molar-refractivity contribution is 0.105. The molecule has 36 heavy (non-hydrogen) atoms. The standard InChI is InChI=1S/C30H23ClN2O3/c1-35-27-15-14-21(17-28(27)36-19-20-8-3-2-4-9-20)16-24(29(34)22-10-7-11-23(31)18-22)30-32-25-12-5-6-13-26(25)33-30/h2-18H,19H2,1H3,(H,32,33). The van der Waals surface area contributed by atoms with E-state index in [0.717, 1.165) is 22.2 Å². The molecule has 5 nitrogen and oxygen atoms in total. The van der Waals surface area contributed by atoms with Gasteiger partial charge in [0.05, 0.1) is 23.7 Å². The third kappa shape index (κ3) is 5.16. The zero-order valence-electron chi connectivity index (χ0n) is 19.6. The number of imidazole rings is 1. The van der Waals surface area contributed by atoms with Crippen LogP contribution in [-0.2, 0) is 6.61 Å². The number of methoxy groups -OCH3 is 1. The van der Waals surface area contributed by atoms with Gasteiger partial charge in [0.25, 0.3) is 0 Å². The monoisotopic (exact) mass is 494 g/mol. The summed E-state index contributed by atoms with van der Waals surface area (Å²) in [7, 11) is 1.60. The zero-order chi connectivity index (χ0) is 24.9. The third-order valence-corrected chi connectivity index (χ3v) is 5.95. The number of para-hydroxylation sites is 2. The van der Waals surface area contributed by atoms with E-state index >= 15 is 0 Å². The highest BCUT2D eigenvalue weighted by Gasteiger charge is 2.19. The molecular weight excluding hydrogens is 472 g/mol. The Kier molecular flexibility index (Phi) is 6.83. The van der Waals surface area contributed by atoms with E-state index in [2.05, 4.69) is 9.97 Å². The summed E-state index contributed by atoms with van der Waals surface area (Å²) in [6.45, 7) is 0.391. The quantitative estimate of drug-likeness (QED) is 0.182. The number of aromatic amines is 1.